The summed E-state index contributed by atoms with van der Waals surface area (Å²) in [5.74, 6) is 0. The molecule has 0 rings (SSSR count). The fraction of sp³-hybridized carbons (Fsp3) is 0.917. The van der Waals surface area contributed by atoms with Crippen molar-refractivity contribution in [2.45, 2.75) is 72.4 Å². The third-order valence-electron chi connectivity index (χ3n) is 1.23. The zero-order chi connectivity index (χ0) is 12.5. The summed E-state index contributed by atoms with van der Waals surface area (Å²) in [6, 6.07) is 0. The van der Waals surface area contributed by atoms with Crippen molar-refractivity contribution < 1.29 is 18.9 Å². The van der Waals surface area contributed by atoms with E-state index >= 15 is 0 Å². The first-order valence-corrected chi connectivity index (χ1v) is 6.71. The fourth-order valence-corrected chi connectivity index (χ4v) is 1.22. The number of hydrogen-bond donors (Lipinski definition) is 2. The minimum absolute atomic E-state index is 0. The van der Waals surface area contributed by atoms with Crippen molar-refractivity contribution in [3.8, 4) is 0 Å². The molecule has 0 amide bonds. The van der Waals surface area contributed by atoms with Crippen molar-refractivity contribution in [3.05, 3.63) is 6.92 Å². The maximum absolute atomic E-state index is 3.60. The second-order valence-electron chi connectivity index (χ2n) is 5.73. The van der Waals surface area contributed by atoms with E-state index in [0.717, 1.165) is 6.42 Å². The van der Waals surface area contributed by atoms with Gasteiger partial charge in [-0.1, -0.05) is 13.3 Å². The summed E-state index contributed by atoms with van der Waals surface area (Å²) in [7, 11) is 0.635. The molecule has 0 spiro atoms. The molecule has 0 saturated heterocycles. The Morgan fingerprint density at radius 3 is 1.31 bits per heavy atom. The first-order chi connectivity index (χ1) is 6.62. The number of nitrogens with one attached hydrogen (secondary N) is 2. The summed E-state index contributed by atoms with van der Waals surface area (Å²) in [6.07, 6.45) is 2.28. The summed E-state index contributed by atoms with van der Waals surface area (Å²) in [6.45, 7) is 18.7. The van der Waals surface area contributed by atoms with Gasteiger partial charge in [-0.05, 0) is 41.5 Å². The van der Waals surface area contributed by atoms with Crippen molar-refractivity contribution in [2.24, 2.45) is 0 Å². The van der Waals surface area contributed by atoms with Gasteiger partial charge < -0.3 is 16.9 Å². The molecule has 2 nitrogen and oxygen atoms in total. The van der Waals surface area contributed by atoms with Gasteiger partial charge in [-0.15, -0.1) is 0 Å². The van der Waals surface area contributed by atoms with Gasteiger partial charge in [0.25, 0.3) is 0 Å². The molecule has 0 saturated carbocycles. The predicted molar refractivity (Wildman–Crippen MR) is 71.8 cm³/mol. The number of rotatable bonds is 3. The molecule has 0 heterocycles. The molecule has 2 radical (unpaired) electrons. The van der Waals surface area contributed by atoms with Crippen LogP contribution in [0.25, 0.3) is 0 Å². The molecule has 0 unspecified atom stereocenters. The molecular weight excluding hydrogens is 207 g/mol. The van der Waals surface area contributed by atoms with Gasteiger partial charge in [0.2, 0.25) is 9.84 Å². The van der Waals surface area contributed by atoms with E-state index in [1.54, 1.807) is 0 Å². The molecule has 0 aliphatic carbocycles. The molecule has 16 heavy (non-hydrogen) atoms. The zero-order valence-electron chi connectivity index (χ0n) is 12.6. The van der Waals surface area contributed by atoms with E-state index in [2.05, 4.69) is 65.4 Å². The van der Waals surface area contributed by atoms with Gasteiger partial charge in [-0.25, -0.2) is 0 Å². The van der Waals surface area contributed by atoms with Crippen LogP contribution >= 0.6 is 0 Å². The van der Waals surface area contributed by atoms with Crippen LogP contribution in [0.15, 0.2) is 0 Å². The van der Waals surface area contributed by atoms with Gasteiger partial charge in [0.1, 0.15) is 0 Å². The second-order valence-corrected chi connectivity index (χ2v) is 6.48. The molecule has 2 N–H and O–H groups in total. The minimum atomic E-state index is 0. The molecule has 0 fully saturated rings. The largest absolute Gasteiger partial charge is 1.00 e. The maximum atomic E-state index is 3.60. The monoisotopic (exact) mass is 236 g/mol. The maximum Gasteiger partial charge on any atom is 1.00 e. The smallest absolute Gasteiger partial charge is 0.343 e. The quantitative estimate of drug-likeness (QED) is 0.529. The van der Waals surface area contributed by atoms with E-state index in [9.17, 15) is 0 Å². The predicted octanol–water partition coefficient (Wildman–Crippen LogP) is -0.0786. The summed E-state index contributed by atoms with van der Waals surface area (Å²) in [5.41, 5.74) is 0.438. The van der Waals surface area contributed by atoms with Crippen molar-refractivity contribution in [1.29, 1.82) is 0 Å². The van der Waals surface area contributed by atoms with Gasteiger partial charge in [-0.3, -0.25) is 0 Å². The molecular formula is C12H29LiN2Si. The van der Waals surface area contributed by atoms with Crippen LogP contribution in [0.3, 0.4) is 0 Å². The average molecular weight is 236 g/mol. The SMILES string of the molecule is CC(C)(C)N[Si]NC(C)(C)C.[CH2-]CCC.[Li+]. The van der Waals surface area contributed by atoms with E-state index < -0.39 is 0 Å². The molecule has 92 valence electrons. The van der Waals surface area contributed by atoms with E-state index in [0.29, 0.717) is 9.84 Å². The Balaban J connectivity index is -0.000000292. The summed E-state index contributed by atoms with van der Waals surface area (Å²) in [4.78, 5) is 6.79. The Morgan fingerprint density at radius 2 is 1.19 bits per heavy atom. The Bertz CT molecular complexity index is 123. The Hall–Kier alpha value is 0.734. The van der Waals surface area contributed by atoms with Crippen LogP contribution in [0.2, 0.25) is 0 Å². The normalized spacial score (nSPS) is 11.2. The van der Waals surface area contributed by atoms with Crippen LogP contribution in [0.5, 0.6) is 0 Å². The van der Waals surface area contributed by atoms with Crippen LogP contribution in [-0.2, 0) is 0 Å². The van der Waals surface area contributed by atoms with Gasteiger partial charge in [0.15, 0.2) is 0 Å². The molecule has 0 aliphatic heterocycles. The topological polar surface area (TPSA) is 24.1 Å². The van der Waals surface area contributed by atoms with Gasteiger partial charge in [-0.2, -0.15) is 6.42 Å². The van der Waals surface area contributed by atoms with Crippen LogP contribution in [-0.4, -0.2) is 20.9 Å². The number of unbranched alkanes of at least 4 members (excludes halogenated alkanes) is 1. The summed E-state index contributed by atoms with van der Waals surface area (Å²) >= 11 is 0. The number of hydrogen-bond acceptors (Lipinski definition) is 2. The third kappa shape index (κ3) is 29.3. The molecule has 0 aromatic rings. The van der Waals surface area contributed by atoms with Crippen LogP contribution < -0.4 is 28.8 Å². The van der Waals surface area contributed by atoms with Crippen molar-refractivity contribution in [1.82, 2.24) is 9.96 Å². The molecule has 0 aromatic carbocycles. The van der Waals surface area contributed by atoms with E-state index in [1.165, 1.54) is 6.42 Å². The Kier molecular flexibility index (Phi) is 14.9. The fourth-order valence-electron chi connectivity index (χ4n) is 0.406. The summed E-state index contributed by atoms with van der Waals surface area (Å²) in [5, 5.41) is 0. The third-order valence-corrected chi connectivity index (χ3v) is 2.98. The first kappa shape index (κ1) is 22.0. The molecule has 0 atom stereocenters. The van der Waals surface area contributed by atoms with Crippen molar-refractivity contribution >= 4 is 9.84 Å². The van der Waals surface area contributed by atoms with Crippen LogP contribution in [0, 0.1) is 6.92 Å². The van der Waals surface area contributed by atoms with Crippen molar-refractivity contribution in [2.75, 3.05) is 0 Å². The van der Waals surface area contributed by atoms with E-state index in [1.807, 2.05) is 0 Å². The van der Waals surface area contributed by atoms with E-state index in [-0.39, 0.29) is 29.9 Å². The average Bonchev–Trinajstić information content (AvgIpc) is 2.00. The second kappa shape index (κ2) is 10.9. The van der Waals surface area contributed by atoms with Crippen LogP contribution in [0.1, 0.15) is 61.3 Å². The standard InChI is InChI=1S/C8H20N2Si.C4H9.Li/c1-7(2,3)9-11-10-8(4,5)6;1-3-4-2;/h9-10H,1-6H3;1,3-4H2,2H3;/q;-1;+1. The Labute approximate surface area is 118 Å². The minimum Gasteiger partial charge on any atom is -0.343 e. The van der Waals surface area contributed by atoms with Gasteiger partial charge in [0, 0.05) is 11.1 Å². The van der Waals surface area contributed by atoms with Gasteiger partial charge in [0.05, 0.1) is 0 Å². The summed E-state index contributed by atoms with van der Waals surface area (Å²) < 4.78 is 0. The molecule has 0 aromatic heterocycles. The van der Waals surface area contributed by atoms with E-state index in [4.69, 9.17) is 0 Å². The van der Waals surface area contributed by atoms with Gasteiger partial charge >= 0.3 is 18.9 Å². The first-order valence-electron chi connectivity index (χ1n) is 5.71. The zero-order valence-corrected chi connectivity index (χ0v) is 13.6. The molecule has 0 aliphatic rings. The van der Waals surface area contributed by atoms with Crippen molar-refractivity contribution in [3.63, 3.8) is 0 Å². The Morgan fingerprint density at radius 1 is 0.938 bits per heavy atom. The molecule has 4 heteroatoms. The van der Waals surface area contributed by atoms with Crippen LogP contribution in [0.4, 0.5) is 0 Å². The molecule has 0 bridgehead atoms.